The zero-order valence-corrected chi connectivity index (χ0v) is 10.6. The summed E-state index contributed by atoms with van der Waals surface area (Å²) < 4.78 is 0. The first-order valence-corrected chi connectivity index (χ1v) is 3.35. The van der Waals surface area contributed by atoms with Crippen molar-refractivity contribution in [2.75, 3.05) is 0 Å². The van der Waals surface area contributed by atoms with E-state index < -0.39 is 0 Å². The molecule has 0 atom stereocenters. The zero-order chi connectivity index (χ0) is 7.65. The third-order valence-electron chi connectivity index (χ3n) is 1.51. The van der Waals surface area contributed by atoms with Crippen LogP contribution in [0.2, 0.25) is 0 Å². The van der Waals surface area contributed by atoms with Gasteiger partial charge in [0.1, 0.15) is 0 Å². The summed E-state index contributed by atoms with van der Waals surface area (Å²) in [5, 5.41) is 0. The number of allylic oxidation sites excluding steroid dienone is 1. The quantitative estimate of drug-likeness (QED) is 0.588. The maximum absolute atomic E-state index is 3.99. The Kier molecular flexibility index (Phi) is 6.08. The molecule has 0 aliphatic rings. The average Bonchev–Trinajstić information content (AvgIpc) is 1.62. The van der Waals surface area contributed by atoms with Gasteiger partial charge in [0.05, 0.1) is 0 Å². The van der Waals surface area contributed by atoms with Crippen LogP contribution < -0.4 is 0 Å². The van der Waals surface area contributed by atoms with E-state index in [1.807, 2.05) is 0 Å². The van der Waals surface area contributed by atoms with E-state index in [0.717, 1.165) is 0 Å². The molecule has 1 heteroatoms. The average molecular weight is 214 g/mol. The van der Waals surface area contributed by atoms with Crippen LogP contribution in [-0.2, 0) is 32.7 Å². The molecule has 0 unspecified atom stereocenters. The molecule has 0 aromatic rings. The molecule has 0 aliphatic heterocycles. The first kappa shape index (κ1) is 13.3. The molecule has 0 saturated carbocycles. The maximum atomic E-state index is 3.99. The van der Waals surface area contributed by atoms with E-state index in [-0.39, 0.29) is 38.1 Å². The molecule has 1 radical (unpaired) electrons. The van der Waals surface area contributed by atoms with Crippen molar-refractivity contribution in [1.29, 1.82) is 0 Å². The van der Waals surface area contributed by atoms with E-state index >= 15 is 0 Å². The fraction of sp³-hybridized carbons (Fsp3) is 0.667. The van der Waals surface area contributed by atoms with Crippen LogP contribution in [0.3, 0.4) is 0 Å². The van der Waals surface area contributed by atoms with Crippen molar-refractivity contribution in [3.8, 4) is 0 Å². The molecule has 0 aromatic heterocycles. The summed E-state index contributed by atoms with van der Waals surface area (Å²) in [5.41, 5.74) is 1.50. The van der Waals surface area contributed by atoms with Crippen molar-refractivity contribution >= 4 is 0 Å². The van der Waals surface area contributed by atoms with Crippen LogP contribution in [0.15, 0.2) is 12.2 Å². The van der Waals surface area contributed by atoms with Gasteiger partial charge < -0.3 is 0 Å². The number of hydrogen-bond donors (Lipinski definition) is 0. The van der Waals surface area contributed by atoms with Crippen molar-refractivity contribution in [3.63, 3.8) is 0 Å². The smallest absolute Gasteiger partial charge is 0 e. The topological polar surface area (TPSA) is 0 Å². The van der Waals surface area contributed by atoms with Gasteiger partial charge in [-0.15, -0.1) is 13.8 Å². The van der Waals surface area contributed by atoms with Gasteiger partial charge in [0.15, 0.2) is 0 Å². The van der Waals surface area contributed by atoms with Crippen LogP contribution in [0.1, 0.15) is 34.6 Å². The van der Waals surface area contributed by atoms with E-state index in [1.165, 1.54) is 11.5 Å². The number of hydrogen-bond acceptors (Lipinski definition) is 0. The van der Waals surface area contributed by atoms with Gasteiger partial charge in [-0.1, -0.05) is 20.8 Å². The summed E-state index contributed by atoms with van der Waals surface area (Å²) >= 11 is 0. The molecular weight excluding hydrogens is 197 g/mol. The van der Waals surface area contributed by atoms with E-state index in [4.69, 9.17) is 0 Å². The first-order valence-electron chi connectivity index (χ1n) is 3.35. The standard InChI is InChI=1S/C9H17.Y/c1-7(2)8(3)9(4,5)6;/h3H2,1-2,4-6H3;/q-1;. The molecule has 0 spiro atoms. The van der Waals surface area contributed by atoms with Gasteiger partial charge in [-0.2, -0.15) is 0 Å². The predicted molar refractivity (Wildman–Crippen MR) is 43.2 cm³/mol. The summed E-state index contributed by atoms with van der Waals surface area (Å²) in [7, 11) is 0. The largest absolute Gasteiger partial charge is 0.241 e. The van der Waals surface area contributed by atoms with Crippen LogP contribution in [0.4, 0.5) is 0 Å². The molecule has 10 heavy (non-hydrogen) atoms. The Morgan fingerprint density at radius 3 is 1.50 bits per heavy atom. The van der Waals surface area contributed by atoms with Crippen molar-refractivity contribution in [2.24, 2.45) is 5.41 Å². The first-order chi connectivity index (χ1) is 3.85. The maximum Gasteiger partial charge on any atom is 0 e. The van der Waals surface area contributed by atoms with Gasteiger partial charge in [0, 0.05) is 32.7 Å². The molecule has 0 rings (SSSR count). The summed E-state index contributed by atoms with van der Waals surface area (Å²) in [6.45, 7) is 14.7. The van der Waals surface area contributed by atoms with Gasteiger partial charge >= 0.3 is 0 Å². The van der Waals surface area contributed by atoms with E-state index in [2.05, 4.69) is 41.2 Å². The van der Waals surface area contributed by atoms with Crippen molar-refractivity contribution < 1.29 is 32.7 Å². The van der Waals surface area contributed by atoms with E-state index in [0.29, 0.717) is 0 Å². The second-order valence-electron chi connectivity index (χ2n) is 3.73. The molecule has 0 fully saturated rings. The van der Waals surface area contributed by atoms with Gasteiger partial charge in [0.25, 0.3) is 0 Å². The van der Waals surface area contributed by atoms with Crippen molar-refractivity contribution in [3.05, 3.63) is 18.1 Å². The molecule has 0 aromatic carbocycles. The third kappa shape index (κ3) is 4.52. The predicted octanol–water partition coefficient (Wildman–Crippen LogP) is 3.20. The molecule has 57 valence electrons. The Bertz CT molecular complexity index is 106. The second kappa shape index (κ2) is 4.56. The summed E-state index contributed by atoms with van der Waals surface area (Å²) in [6.07, 6.45) is 0. The summed E-state index contributed by atoms with van der Waals surface area (Å²) in [5.74, 6) is 1.34. The second-order valence-corrected chi connectivity index (χ2v) is 3.73. The van der Waals surface area contributed by atoms with Crippen molar-refractivity contribution in [1.82, 2.24) is 0 Å². The SMILES string of the molecule is C=C([C-](C)C)C(C)(C)C.[Y]. The molecule has 0 N–H and O–H groups in total. The Morgan fingerprint density at radius 2 is 1.50 bits per heavy atom. The molecule has 0 heterocycles. The minimum Gasteiger partial charge on any atom is -0.241 e. The van der Waals surface area contributed by atoms with E-state index in [9.17, 15) is 0 Å². The zero-order valence-electron chi connectivity index (χ0n) is 7.78. The van der Waals surface area contributed by atoms with Gasteiger partial charge in [-0.25, -0.2) is 18.1 Å². The Hall–Kier alpha value is 0.714. The van der Waals surface area contributed by atoms with Crippen LogP contribution in [0.5, 0.6) is 0 Å². The normalized spacial score (nSPS) is 10.1. The molecular formula is C9H17Y-. The Morgan fingerprint density at radius 1 is 1.20 bits per heavy atom. The van der Waals surface area contributed by atoms with Gasteiger partial charge in [-0.3, -0.25) is 0 Å². The Balaban J connectivity index is 0. The fourth-order valence-corrected chi connectivity index (χ4v) is 0.750. The van der Waals surface area contributed by atoms with Crippen LogP contribution >= 0.6 is 0 Å². The van der Waals surface area contributed by atoms with Crippen LogP contribution in [0, 0.1) is 11.3 Å². The molecule has 0 amide bonds. The van der Waals surface area contributed by atoms with Gasteiger partial charge in [-0.05, 0) is 5.41 Å². The summed E-state index contributed by atoms with van der Waals surface area (Å²) in [4.78, 5) is 0. The minimum absolute atomic E-state index is 0. The van der Waals surface area contributed by atoms with Crippen molar-refractivity contribution in [2.45, 2.75) is 34.6 Å². The number of rotatable bonds is 1. The molecule has 0 saturated heterocycles. The summed E-state index contributed by atoms with van der Waals surface area (Å²) in [6, 6.07) is 0. The fourth-order valence-electron chi connectivity index (χ4n) is 0.750. The minimum atomic E-state index is 0. The molecule has 0 nitrogen and oxygen atoms in total. The van der Waals surface area contributed by atoms with Gasteiger partial charge in [0.2, 0.25) is 0 Å². The monoisotopic (exact) mass is 214 g/mol. The Labute approximate surface area is 90.4 Å². The molecule has 0 bridgehead atoms. The molecule has 0 aliphatic carbocycles. The van der Waals surface area contributed by atoms with Crippen LogP contribution in [-0.4, -0.2) is 0 Å². The van der Waals surface area contributed by atoms with E-state index in [1.54, 1.807) is 0 Å². The van der Waals surface area contributed by atoms with Crippen LogP contribution in [0.25, 0.3) is 0 Å². The third-order valence-corrected chi connectivity index (χ3v) is 1.51.